The van der Waals surface area contributed by atoms with Crippen molar-refractivity contribution in [2.24, 2.45) is 10.2 Å². The van der Waals surface area contributed by atoms with Crippen molar-refractivity contribution in [3.8, 4) is 0 Å². The zero-order valence-corrected chi connectivity index (χ0v) is 16.8. The lowest BCUT2D eigenvalue weighted by atomic mass is 10.2. The number of rotatable bonds is 4. The average Bonchev–Trinajstić information content (AvgIpc) is 2.61. The first-order valence-corrected chi connectivity index (χ1v) is 9.50. The van der Waals surface area contributed by atoms with Gasteiger partial charge in [-0.1, -0.05) is 58.5 Å². The van der Waals surface area contributed by atoms with Crippen LogP contribution in [0, 0.1) is 0 Å². The summed E-state index contributed by atoms with van der Waals surface area (Å²) in [6, 6.07) is 10.7. The molecule has 0 saturated carbocycles. The SMILES string of the molecule is Clc1ccc(C=NN2CCN(N=Cc3ccc(Cl)cc3Cl)CC2)c(Cl)c1. The molecule has 3 rings (SSSR count). The van der Waals surface area contributed by atoms with Gasteiger partial charge in [0.25, 0.3) is 0 Å². The third-order valence-electron chi connectivity index (χ3n) is 3.88. The van der Waals surface area contributed by atoms with Gasteiger partial charge in [0.1, 0.15) is 0 Å². The van der Waals surface area contributed by atoms with Crippen molar-refractivity contribution in [3.63, 3.8) is 0 Å². The van der Waals surface area contributed by atoms with E-state index in [9.17, 15) is 0 Å². The summed E-state index contributed by atoms with van der Waals surface area (Å²) in [5.74, 6) is 0. The van der Waals surface area contributed by atoms with Crippen LogP contribution in [0.15, 0.2) is 46.6 Å². The molecular formula is C18H16Cl4N4. The highest BCUT2D eigenvalue weighted by Crippen LogP contribution is 2.20. The van der Waals surface area contributed by atoms with E-state index in [1.165, 1.54) is 0 Å². The molecule has 1 aliphatic heterocycles. The van der Waals surface area contributed by atoms with Crippen LogP contribution in [-0.4, -0.2) is 48.6 Å². The Kier molecular flexibility index (Phi) is 6.65. The van der Waals surface area contributed by atoms with Crippen LogP contribution >= 0.6 is 46.4 Å². The number of nitrogens with zero attached hydrogens (tertiary/aromatic N) is 4. The predicted octanol–water partition coefficient (Wildman–Crippen LogP) is 5.29. The van der Waals surface area contributed by atoms with Gasteiger partial charge >= 0.3 is 0 Å². The van der Waals surface area contributed by atoms with Crippen LogP contribution in [0.4, 0.5) is 0 Å². The first-order valence-electron chi connectivity index (χ1n) is 7.99. The Bertz CT molecular complexity index is 760. The molecule has 8 heteroatoms. The summed E-state index contributed by atoms with van der Waals surface area (Å²) in [4.78, 5) is 0. The van der Waals surface area contributed by atoms with Gasteiger partial charge in [-0.2, -0.15) is 10.2 Å². The Hall–Kier alpha value is -1.46. The minimum absolute atomic E-state index is 0.587. The second-order valence-corrected chi connectivity index (χ2v) is 7.42. The minimum Gasteiger partial charge on any atom is -0.293 e. The standard InChI is InChI=1S/C18H16Cl4N4/c19-15-3-1-13(17(21)9-15)11-23-25-5-7-26(8-6-25)24-12-14-2-4-16(20)10-18(14)22/h1-4,9-12H,5-8H2. The number of hydrazone groups is 2. The molecule has 0 amide bonds. The molecule has 4 nitrogen and oxygen atoms in total. The Balaban J connectivity index is 1.54. The van der Waals surface area contributed by atoms with Crippen molar-refractivity contribution >= 4 is 58.8 Å². The molecule has 0 radical (unpaired) electrons. The summed E-state index contributed by atoms with van der Waals surface area (Å²) in [7, 11) is 0. The van der Waals surface area contributed by atoms with E-state index in [2.05, 4.69) is 10.2 Å². The van der Waals surface area contributed by atoms with Crippen LogP contribution in [-0.2, 0) is 0 Å². The molecule has 0 aromatic heterocycles. The van der Waals surface area contributed by atoms with Crippen LogP contribution in [0.2, 0.25) is 20.1 Å². The number of hydrogen-bond acceptors (Lipinski definition) is 4. The minimum atomic E-state index is 0.587. The van der Waals surface area contributed by atoms with Crippen LogP contribution in [0.1, 0.15) is 11.1 Å². The fraction of sp³-hybridized carbons (Fsp3) is 0.222. The Morgan fingerprint density at radius 3 is 1.38 bits per heavy atom. The quantitative estimate of drug-likeness (QED) is 0.618. The average molecular weight is 430 g/mol. The smallest absolute Gasteiger partial charge is 0.0557 e. The maximum absolute atomic E-state index is 6.15. The van der Waals surface area contributed by atoms with Gasteiger partial charge in [0.2, 0.25) is 0 Å². The van der Waals surface area contributed by atoms with Crippen LogP contribution in [0.5, 0.6) is 0 Å². The lowest BCUT2D eigenvalue weighted by molar-refractivity contribution is 0.141. The summed E-state index contributed by atoms with van der Waals surface area (Å²) in [6.07, 6.45) is 3.51. The van der Waals surface area contributed by atoms with Crippen molar-refractivity contribution in [3.05, 3.63) is 67.6 Å². The normalized spacial score (nSPS) is 15.4. The van der Waals surface area contributed by atoms with Crippen LogP contribution in [0.25, 0.3) is 0 Å². The molecule has 1 fully saturated rings. The second kappa shape index (κ2) is 8.96. The molecule has 2 aromatic carbocycles. The van der Waals surface area contributed by atoms with Gasteiger partial charge in [0.15, 0.2) is 0 Å². The van der Waals surface area contributed by atoms with Gasteiger partial charge < -0.3 is 0 Å². The van der Waals surface area contributed by atoms with Gasteiger partial charge in [-0.05, 0) is 24.3 Å². The molecule has 2 aromatic rings. The van der Waals surface area contributed by atoms with E-state index in [0.29, 0.717) is 20.1 Å². The third kappa shape index (κ3) is 5.27. The summed E-state index contributed by atoms with van der Waals surface area (Å²) >= 11 is 24.1. The second-order valence-electron chi connectivity index (χ2n) is 5.73. The van der Waals surface area contributed by atoms with Crippen LogP contribution < -0.4 is 0 Å². The van der Waals surface area contributed by atoms with Gasteiger partial charge in [0.05, 0.1) is 48.7 Å². The molecule has 0 aliphatic carbocycles. The van der Waals surface area contributed by atoms with Crippen molar-refractivity contribution in [1.82, 2.24) is 10.0 Å². The maximum Gasteiger partial charge on any atom is 0.0557 e. The molecule has 0 atom stereocenters. The number of benzene rings is 2. The molecule has 0 N–H and O–H groups in total. The van der Waals surface area contributed by atoms with Crippen molar-refractivity contribution in [2.75, 3.05) is 26.2 Å². The fourth-order valence-corrected chi connectivity index (χ4v) is 3.33. The van der Waals surface area contributed by atoms with E-state index in [-0.39, 0.29) is 0 Å². The number of piperazine rings is 1. The first-order chi connectivity index (χ1) is 12.5. The summed E-state index contributed by atoms with van der Waals surface area (Å²) < 4.78 is 0. The van der Waals surface area contributed by atoms with Crippen molar-refractivity contribution in [2.45, 2.75) is 0 Å². The summed E-state index contributed by atoms with van der Waals surface area (Å²) in [5, 5.41) is 15.4. The van der Waals surface area contributed by atoms with E-state index in [4.69, 9.17) is 46.4 Å². The fourth-order valence-electron chi connectivity index (χ4n) is 2.42. The molecule has 0 spiro atoms. The van der Waals surface area contributed by atoms with E-state index >= 15 is 0 Å². The molecular weight excluding hydrogens is 414 g/mol. The van der Waals surface area contributed by atoms with E-state index in [1.54, 1.807) is 36.7 Å². The highest BCUT2D eigenvalue weighted by molar-refractivity contribution is 6.36. The number of hydrogen-bond donors (Lipinski definition) is 0. The van der Waals surface area contributed by atoms with Gasteiger partial charge in [-0.25, -0.2) is 0 Å². The predicted molar refractivity (Wildman–Crippen MR) is 111 cm³/mol. The lowest BCUT2D eigenvalue weighted by Crippen LogP contribution is -2.41. The van der Waals surface area contributed by atoms with Gasteiger partial charge in [-0.3, -0.25) is 10.0 Å². The zero-order valence-electron chi connectivity index (χ0n) is 13.7. The Morgan fingerprint density at radius 1 is 0.654 bits per heavy atom. The molecule has 1 aliphatic rings. The maximum atomic E-state index is 6.15. The van der Waals surface area contributed by atoms with E-state index < -0.39 is 0 Å². The molecule has 26 heavy (non-hydrogen) atoms. The summed E-state index contributed by atoms with van der Waals surface area (Å²) in [5.41, 5.74) is 1.68. The molecule has 1 heterocycles. The Morgan fingerprint density at radius 2 is 1.04 bits per heavy atom. The zero-order chi connectivity index (χ0) is 18.5. The number of halogens is 4. The highest BCUT2D eigenvalue weighted by Gasteiger charge is 2.13. The monoisotopic (exact) mass is 428 g/mol. The van der Waals surface area contributed by atoms with Gasteiger partial charge in [-0.15, -0.1) is 0 Å². The highest BCUT2D eigenvalue weighted by atomic mass is 35.5. The molecule has 0 bridgehead atoms. The third-order valence-corrected chi connectivity index (χ3v) is 5.00. The van der Waals surface area contributed by atoms with Crippen LogP contribution in [0.3, 0.4) is 0 Å². The van der Waals surface area contributed by atoms with E-state index in [1.807, 2.05) is 22.2 Å². The van der Waals surface area contributed by atoms with E-state index in [0.717, 1.165) is 37.3 Å². The molecule has 1 saturated heterocycles. The Labute approximate surface area is 172 Å². The first kappa shape index (κ1) is 19.3. The summed E-state index contributed by atoms with van der Waals surface area (Å²) in [6.45, 7) is 3.08. The molecule has 0 unspecified atom stereocenters. The van der Waals surface area contributed by atoms with Gasteiger partial charge in [0, 0.05) is 21.2 Å². The largest absolute Gasteiger partial charge is 0.293 e. The van der Waals surface area contributed by atoms with Crippen molar-refractivity contribution in [1.29, 1.82) is 0 Å². The van der Waals surface area contributed by atoms with Crippen molar-refractivity contribution < 1.29 is 0 Å². The molecule has 136 valence electrons. The topological polar surface area (TPSA) is 31.2 Å². The lowest BCUT2D eigenvalue weighted by Gasteiger charge is -2.31.